The molecular formula is C14H20N4. The molecule has 0 amide bonds. The van der Waals surface area contributed by atoms with Gasteiger partial charge in [0.25, 0.3) is 0 Å². The Kier molecular flexibility index (Phi) is 3.77. The SMILES string of the molecule is Cc1cccc(C(C)NC(C)c2nncn2C)c1. The number of hydrogen-bond donors (Lipinski definition) is 1. The molecule has 0 bridgehead atoms. The summed E-state index contributed by atoms with van der Waals surface area (Å²) in [5.74, 6) is 0.953. The molecule has 4 nitrogen and oxygen atoms in total. The van der Waals surface area contributed by atoms with E-state index in [4.69, 9.17) is 0 Å². The van der Waals surface area contributed by atoms with Gasteiger partial charge in [-0.15, -0.1) is 10.2 Å². The third-order valence-electron chi connectivity index (χ3n) is 3.18. The molecule has 0 saturated carbocycles. The van der Waals surface area contributed by atoms with E-state index >= 15 is 0 Å². The van der Waals surface area contributed by atoms with Crippen LogP contribution in [0.4, 0.5) is 0 Å². The minimum absolute atomic E-state index is 0.174. The van der Waals surface area contributed by atoms with Crippen LogP contribution in [-0.4, -0.2) is 14.8 Å². The van der Waals surface area contributed by atoms with Gasteiger partial charge in [-0.3, -0.25) is 0 Å². The number of nitrogens with zero attached hydrogens (tertiary/aromatic N) is 3. The van der Waals surface area contributed by atoms with Crippen LogP contribution in [0.25, 0.3) is 0 Å². The molecule has 0 fully saturated rings. The Balaban J connectivity index is 2.08. The Morgan fingerprint density at radius 1 is 1.22 bits per heavy atom. The van der Waals surface area contributed by atoms with Crippen LogP contribution in [0, 0.1) is 6.92 Å². The fraction of sp³-hybridized carbons (Fsp3) is 0.429. The van der Waals surface area contributed by atoms with Gasteiger partial charge in [-0.2, -0.15) is 0 Å². The standard InChI is InChI=1S/C14H20N4/c1-10-6-5-7-13(8-10)11(2)16-12(3)14-17-15-9-18(14)4/h5-9,11-12,16H,1-4H3. The quantitative estimate of drug-likeness (QED) is 0.898. The van der Waals surface area contributed by atoms with Gasteiger partial charge in [-0.05, 0) is 26.3 Å². The van der Waals surface area contributed by atoms with Crippen LogP contribution < -0.4 is 5.32 Å². The second-order valence-electron chi connectivity index (χ2n) is 4.82. The van der Waals surface area contributed by atoms with Crippen molar-refractivity contribution < 1.29 is 0 Å². The van der Waals surface area contributed by atoms with Crippen molar-refractivity contribution in [3.63, 3.8) is 0 Å². The zero-order valence-corrected chi connectivity index (χ0v) is 11.4. The van der Waals surface area contributed by atoms with Crippen molar-refractivity contribution in [3.05, 3.63) is 47.5 Å². The Bertz CT molecular complexity index is 518. The third kappa shape index (κ3) is 2.76. The van der Waals surface area contributed by atoms with E-state index in [0.29, 0.717) is 0 Å². The lowest BCUT2D eigenvalue weighted by Crippen LogP contribution is -2.24. The largest absolute Gasteiger partial charge is 0.319 e. The second kappa shape index (κ2) is 5.31. The zero-order valence-electron chi connectivity index (χ0n) is 11.4. The van der Waals surface area contributed by atoms with Crippen LogP contribution in [0.1, 0.15) is 42.9 Å². The number of benzene rings is 1. The first-order valence-electron chi connectivity index (χ1n) is 6.24. The summed E-state index contributed by atoms with van der Waals surface area (Å²) in [4.78, 5) is 0. The Labute approximate surface area is 108 Å². The van der Waals surface area contributed by atoms with Gasteiger partial charge in [0, 0.05) is 13.1 Å². The maximum Gasteiger partial charge on any atom is 0.149 e. The lowest BCUT2D eigenvalue weighted by atomic mass is 10.1. The summed E-state index contributed by atoms with van der Waals surface area (Å²) >= 11 is 0. The molecule has 0 spiro atoms. The molecule has 96 valence electrons. The Morgan fingerprint density at radius 2 is 2.00 bits per heavy atom. The average Bonchev–Trinajstić information content (AvgIpc) is 2.75. The molecule has 1 heterocycles. The van der Waals surface area contributed by atoms with Crippen molar-refractivity contribution in [2.24, 2.45) is 7.05 Å². The van der Waals surface area contributed by atoms with E-state index < -0.39 is 0 Å². The molecule has 2 unspecified atom stereocenters. The highest BCUT2D eigenvalue weighted by Gasteiger charge is 2.14. The van der Waals surface area contributed by atoms with E-state index in [-0.39, 0.29) is 12.1 Å². The Hall–Kier alpha value is -1.68. The van der Waals surface area contributed by atoms with Gasteiger partial charge >= 0.3 is 0 Å². The predicted molar refractivity (Wildman–Crippen MR) is 72.1 cm³/mol. The molecule has 2 aromatic rings. The van der Waals surface area contributed by atoms with Gasteiger partial charge in [0.1, 0.15) is 12.2 Å². The summed E-state index contributed by atoms with van der Waals surface area (Å²) in [6.45, 7) is 6.39. The molecule has 2 atom stereocenters. The van der Waals surface area contributed by atoms with E-state index in [0.717, 1.165) is 5.82 Å². The fourth-order valence-corrected chi connectivity index (χ4v) is 2.17. The van der Waals surface area contributed by atoms with E-state index in [1.165, 1.54) is 11.1 Å². The maximum absolute atomic E-state index is 4.13. The number of nitrogens with one attached hydrogen (secondary N) is 1. The van der Waals surface area contributed by atoms with Gasteiger partial charge in [0.2, 0.25) is 0 Å². The minimum Gasteiger partial charge on any atom is -0.319 e. The van der Waals surface area contributed by atoms with Gasteiger partial charge in [-0.1, -0.05) is 29.8 Å². The highest BCUT2D eigenvalue weighted by molar-refractivity contribution is 5.24. The monoisotopic (exact) mass is 244 g/mol. The normalized spacial score (nSPS) is 14.4. The van der Waals surface area contributed by atoms with Gasteiger partial charge in [0.15, 0.2) is 0 Å². The topological polar surface area (TPSA) is 42.7 Å². The molecule has 4 heteroatoms. The van der Waals surface area contributed by atoms with Crippen LogP contribution in [0.3, 0.4) is 0 Å². The highest BCUT2D eigenvalue weighted by Crippen LogP contribution is 2.18. The first-order valence-corrected chi connectivity index (χ1v) is 6.24. The maximum atomic E-state index is 4.13. The summed E-state index contributed by atoms with van der Waals surface area (Å²) in [6, 6.07) is 9.03. The molecule has 0 saturated heterocycles. The van der Waals surface area contributed by atoms with Gasteiger partial charge < -0.3 is 9.88 Å². The van der Waals surface area contributed by atoms with E-state index in [1.54, 1.807) is 6.33 Å². The summed E-state index contributed by atoms with van der Waals surface area (Å²) in [5, 5.41) is 11.6. The van der Waals surface area contributed by atoms with Gasteiger partial charge in [-0.25, -0.2) is 0 Å². The summed E-state index contributed by atoms with van der Waals surface area (Å²) in [5.41, 5.74) is 2.58. The van der Waals surface area contributed by atoms with Crippen molar-refractivity contribution in [3.8, 4) is 0 Å². The second-order valence-corrected chi connectivity index (χ2v) is 4.82. The first-order chi connectivity index (χ1) is 8.58. The van der Waals surface area contributed by atoms with Gasteiger partial charge in [0.05, 0.1) is 6.04 Å². The zero-order chi connectivity index (χ0) is 13.1. The minimum atomic E-state index is 0.174. The smallest absolute Gasteiger partial charge is 0.149 e. The predicted octanol–water partition coefficient (Wildman–Crippen LogP) is 2.54. The van der Waals surface area contributed by atoms with Crippen molar-refractivity contribution in [2.75, 3.05) is 0 Å². The van der Waals surface area contributed by atoms with Crippen LogP contribution in [0.15, 0.2) is 30.6 Å². The molecule has 18 heavy (non-hydrogen) atoms. The lowest BCUT2D eigenvalue weighted by molar-refractivity contribution is 0.466. The van der Waals surface area contributed by atoms with E-state index in [2.05, 4.69) is 60.6 Å². The lowest BCUT2D eigenvalue weighted by Gasteiger charge is -2.20. The molecule has 1 N–H and O–H groups in total. The summed E-state index contributed by atoms with van der Waals surface area (Å²) < 4.78 is 1.95. The van der Waals surface area contributed by atoms with Crippen molar-refractivity contribution in [1.29, 1.82) is 0 Å². The van der Waals surface area contributed by atoms with Crippen LogP contribution >= 0.6 is 0 Å². The van der Waals surface area contributed by atoms with Crippen LogP contribution in [0.5, 0.6) is 0 Å². The molecule has 0 aliphatic heterocycles. The highest BCUT2D eigenvalue weighted by atomic mass is 15.3. The molecule has 0 aliphatic rings. The molecule has 1 aromatic heterocycles. The molecule has 1 aromatic carbocycles. The third-order valence-corrected chi connectivity index (χ3v) is 3.18. The van der Waals surface area contributed by atoms with Crippen LogP contribution in [-0.2, 0) is 7.05 Å². The van der Waals surface area contributed by atoms with Crippen molar-refractivity contribution in [1.82, 2.24) is 20.1 Å². The van der Waals surface area contributed by atoms with Crippen molar-refractivity contribution >= 4 is 0 Å². The number of aromatic nitrogens is 3. The molecule has 2 rings (SSSR count). The molecule has 0 radical (unpaired) electrons. The van der Waals surface area contributed by atoms with E-state index in [9.17, 15) is 0 Å². The number of hydrogen-bond acceptors (Lipinski definition) is 3. The Morgan fingerprint density at radius 3 is 2.61 bits per heavy atom. The molecule has 0 aliphatic carbocycles. The number of rotatable bonds is 4. The summed E-state index contributed by atoms with van der Waals surface area (Å²) in [6.07, 6.45) is 1.73. The first kappa shape index (κ1) is 12.8. The number of aryl methyl sites for hydroxylation is 2. The van der Waals surface area contributed by atoms with Crippen molar-refractivity contribution in [2.45, 2.75) is 32.9 Å². The van der Waals surface area contributed by atoms with E-state index in [1.807, 2.05) is 11.6 Å². The average molecular weight is 244 g/mol. The van der Waals surface area contributed by atoms with Crippen LogP contribution in [0.2, 0.25) is 0 Å². The summed E-state index contributed by atoms with van der Waals surface area (Å²) in [7, 11) is 1.96. The molecular weight excluding hydrogens is 224 g/mol. The fourth-order valence-electron chi connectivity index (χ4n) is 2.17.